The number of pyridine rings is 1. The number of nitrogens with zero attached hydrogens (tertiary/aromatic N) is 1. The zero-order chi connectivity index (χ0) is 20.2. The van der Waals surface area contributed by atoms with Crippen molar-refractivity contribution in [2.75, 3.05) is 0 Å². The van der Waals surface area contributed by atoms with Gasteiger partial charge in [-0.15, -0.1) is 6.58 Å². The maximum absolute atomic E-state index is 14.0. The van der Waals surface area contributed by atoms with Gasteiger partial charge in [-0.05, 0) is 42.2 Å². The summed E-state index contributed by atoms with van der Waals surface area (Å²) >= 11 is 5.84. The highest BCUT2D eigenvalue weighted by atomic mass is 35.5. The van der Waals surface area contributed by atoms with Crippen LogP contribution in [0.4, 0.5) is 22.0 Å². The van der Waals surface area contributed by atoms with Crippen molar-refractivity contribution in [3.63, 3.8) is 0 Å². The normalized spacial score (nSPS) is 14.1. The first-order chi connectivity index (χ1) is 12.6. The maximum atomic E-state index is 14.0. The summed E-state index contributed by atoms with van der Waals surface area (Å²) in [5, 5.41) is 0.397. The monoisotopic (exact) mass is 405 g/mol. The third-order valence-electron chi connectivity index (χ3n) is 3.92. The van der Waals surface area contributed by atoms with Crippen LogP contribution in [-0.2, 0) is 0 Å². The molecule has 0 spiro atoms. The molecule has 8 heteroatoms. The van der Waals surface area contributed by atoms with Crippen molar-refractivity contribution < 1.29 is 26.7 Å². The van der Waals surface area contributed by atoms with Crippen molar-refractivity contribution in [3.05, 3.63) is 71.3 Å². The topological polar surface area (TPSA) is 22.1 Å². The fraction of sp³-hybridized carbons (Fsp3) is 0.316. The summed E-state index contributed by atoms with van der Waals surface area (Å²) in [6.45, 7) is 5.57. The Morgan fingerprint density at radius 2 is 1.96 bits per heavy atom. The molecule has 146 valence electrons. The number of hydrogen-bond donors (Lipinski definition) is 0. The summed E-state index contributed by atoms with van der Waals surface area (Å²) in [5.41, 5.74) is 0.781. The number of hydrogen-bond acceptors (Lipinski definition) is 2. The van der Waals surface area contributed by atoms with Gasteiger partial charge in [-0.1, -0.05) is 24.6 Å². The van der Waals surface area contributed by atoms with Gasteiger partial charge < -0.3 is 4.74 Å². The largest absolute Gasteiger partial charge is 0.461 e. The zero-order valence-electron chi connectivity index (χ0n) is 14.3. The van der Waals surface area contributed by atoms with E-state index in [2.05, 4.69) is 16.3 Å². The van der Waals surface area contributed by atoms with Crippen LogP contribution in [0.15, 0.2) is 49.2 Å². The molecule has 0 saturated carbocycles. The Hall–Kier alpha value is -2.15. The standard InChI is InChI=1S/C19H17ClF5NO/c1-3-11(2)6-16(17-5-4-13(20)10-26-17)12-7-14(21)9-15(8-12)27-19(24,25)18(22)23/h3-5,7-11,16,18H,1,6H2,2H3/t11?,16-/m1/s1. The molecule has 0 amide bonds. The molecule has 0 aliphatic heterocycles. The van der Waals surface area contributed by atoms with Crippen molar-refractivity contribution in [1.82, 2.24) is 4.98 Å². The molecule has 27 heavy (non-hydrogen) atoms. The number of rotatable bonds is 8. The van der Waals surface area contributed by atoms with Crippen molar-refractivity contribution >= 4 is 11.6 Å². The molecule has 1 aromatic carbocycles. The minimum atomic E-state index is -4.73. The lowest BCUT2D eigenvalue weighted by atomic mass is 9.86. The third kappa shape index (κ3) is 5.66. The maximum Gasteiger partial charge on any atom is 0.461 e. The van der Waals surface area contributed by atoms with E-state index in [0.717, 1.165) is 12.1 Å². The Labute approximate surface area is 158 Å². The smallest absolute Gasteiger partial charge is 0.428 e. The molecule has 1 heterocycles. The first-order valence-electron chi connectivity index (χ1n) is 8.02. The van der Waals surface area contributed by atoms with Crippen LogP contribution >= 0.6 is 11.6 Å². The van der Waals surface area contributed by atoms with Crippen molar-refractivity contribution in [2.45, 2.75) is 31.8 Å². The Kier molecular flexibility index (Phi) is 6.81. The van der Waals surface area contributed by atoms with Crippen molar-refractivity contribution in [2.24, 2.45) is 5.92 Å². The van der Waals surface area contributed by atoms with Crippen LogP contribution in [0.3, 0.4) is 0 Å². The summed E-state index contributed by atoms with van der Waals surface area (Å²) in [7, 11) is 0. The molecule has 0 bridgehead atoms. The third-order valence-corrected chi connectivity index (χ3v) is 4.14. The van der Waals surface area contributed by atoms with Crippen LogP contribution in [0, 0.1) is 11.7 Å². The van der Waals surface area contributed by atoms with Gasteiger partial charge in [0.1, 0.15) is 11.6 Å². The van der Waals surface area contributed by atoms with E-state index < -0.39 is 30.0 Å². The van der Waals surface area contributed by atoms with Crippen LogP contribution in [0.1, 0.15) is 30.5 Å². The highest BCUT2D eigenvalue weighted by Gasteiger charge is 2.44. The summed E-state index contributed by atoms with van der Waals surface area (Å²) < 4.78 is 69.2. The fourth-order valence-electron chi connectivity index (χ4n) is 2.54. The highest BCUT2D eigenvalue weighted by Crippen LogP contribution is 2.35. The number of aromatic nitrogens is 1. The predicted molar refractivity (Wildman–Crippen MR) is 93.0 cm³/mol. The lowest BCUT2D eigenvalue weighted by Crippen LogP contribution is -2.33. The van der Waals surface area contributed by atoms with Crippen LogP contribution in [0.25, 0.3) is 0 Å². The van der Waals surface area contributed by atoms with Gasteiger partial charge in [0.15, 0.2) is 0 Å². The number of alkyl halides is 4. The molecule has 0 radical (unpaired) electrons. The minimum absolute atomic E-state index is 0.0115. The predicted octanol–water partition coefficient (Wildman–Crippen LogP) is 6.45. The second-order valence-corrected chi connectivity index (χ2v) is 6.52. The Bertz CT molecular complexity index is 782. The average molecular weight is 406 g/mol. The molecular formula is C19H17ClF5NO. The summed E-state index contributed by atoms with van der Waals surface area (Å²) in [4.78, 5) is 4.21. The molecule has 0 aliphatic carbocycles. The number of benzene rings is 1. The average Bonchev–Trinajstić information content (AvgIpc) is 2.59. The molecule has 0 fully saturated rings. The molecular weight excluding hydrogens is 389 g/mol. The van der Waals surface area contributed by atoms with Gasteiger partial charge in [0.25, 0.3) is 0 Å². The summed E-state index contributed by atoms with van der Waals surface area (Å²) in [6.07, 6.45) is -5.24. The number of halogens is 6. The molecule has 1 unspecified atom stereocenters. The number of allylic oxidation sites excluding steroid dienone is 1. The first kappa shape index (κ1) is 21.2. The second-order valence-electron chi connectivity index (χ2n) is 6.09. The van der Waals surface area contributed by atoms with E-state index in [9.17, 15) is 22.0 Å². The second kappa shape index (κ2) is 8.69. The quantitative estimate of drug-likeness (QED) is 0.371. The molecule has 2 nitrogen and oxygen atoms in total. The Morgan fingerprint density at radius 1 is 1.26 bits per heavy atom. The molecule has 0 N–H and O–H groups in total. The van der Waals surface area contributed by atoms with E-state index in [1.807, 2.05) is 6.92 Å². The number of ether oxygens (including phenoxy) is 1. The SMILES string of the molecule is C=CC(C)C[C@H](c1cc(F)cc(OC(F)(F)C(F)F)c1)c1ccc(Cl)cn1. The Balaban J connectivity index is 2.45. The van der Waals surface area contributed by atoms with Crippen molar-refractivity contribution in [1.29, 1.82) is 0 Å². The van der Waals surface area contributed by atoms with E-state index in [1.165, 1.54) is 6.20 Å². The molecule has 0 aliphatic rings. The van der Waals surface area contributed by atoms with Gasteiger partial charge in [-0.3, -0.25) is 4.98 Å². The summed E-state index contributed by atoms with van der Waals surface area (Å²) in [6, 6.07) is 6.09. The van der Waals surface area contributed by atoms with Gasteiger partial charge in [0, 0.05) is 23.9 Å². The first-order valence-corrected chi connectivity index (χ1v) is 8.39. The Morgan fingerprint density at radius 3 is 2.52 bits per heavy atom. The van der Waals surface area contributed by atoms with Crippen LogP contribution in [0.2, 0.25) is 5.02 Å². The van der Waals surface area contributed by atoms with E-state index in [4.69, 9.17) is 11.6 Å². The van der Waals surface area contributed by atoms with Gasteiger partial charge in [0.05, 0.1) is 5.02 Å². The van der Waals surface area contributed by atoms with E-state index >= 15 is 0 Å². The minimum Gasteiger partial charge on any atom is -0.428 e. The highest BCUT2D eigenvalue weighted by molar-refractivity contribution is 6.30. The molecule has 0 saturated heterocycles. The van der Waals surface area contributed by atoms with E-state index in [-0.39, 0.29) is 11.5 Å². The molecule has 2 aromatic rings. The lowest BCUT2D eigenvalue weighted by Gasteiger charge is -2.22. The van der Waals surface area contributed by atoms with Crippen LogP contribution in [-0.4, -0.2) is 17.5 Å². The zero-order valence-corrected chi connectivity index (χ0v) is 15.1. The molecule has 2 atom stereocenters. The van der Waals surface area contributed by atoms with Gasteiger partial charge in [0.2, 0.25) is 0 Å². The van der Waals surface area contributed by atoms with Gasteiger partial charge in [-0.2, -0.15) is 17.6 Å². The van der Waals surface area contributed by atoms with E-state index in [1.54, 1.807) is 18.2 Å². The molecule has 2 rings (SSSR count). The van der Waals surface area contributed by atoms with Gasteiger partial charge >= 0.3 is 12.5 Å². The lowest BCUT2D eigenvalue weighted by molar-refractivity contribution is -0.253. The van der Waals surface area contributed by atoms with Gasteiger partial charge in [-0.25, -0.2) is 4.39 Å². The fourth-order valence-corrected chi connectivity index (χ4v) is 2.65. The van der Waals surface area contributed by atoms with E-state index in [0.29, 0.717) is 23.2 Å². The van der Waals surface area contributed by atoms with Crippen molar-refractivity contribution in [3.8, 4) is 5.75 Å². The van der Waals surface area contributed by atoms with Crippen LogP contribution < -0.4 is 4.74 Å². The molecule has 1 aromatic heterocycles. The van der Waals surface area contributed by atoms with Crippen LogP contribution in [0.5, 0.6) is 5.75 Å². The summed E-state index contributed by atoms with van der Waals surface area (Å²) in [5.74, 6) is -2.10.